The molecule has 0 saturated carbocycles. The Bertz CT molecular complexity index is 1220. The summed E-state index contributed by atoms with van der Waals surface area (Å²) in [6.45, 7) is 9.07. The van der Waals surface area contributed by atoms with E-state index < -0.39 is 46.8 Å². The summed E-state index contributed by atoms with van der Waals surface area (Å²) < 4.78 is 11.6. The van der Waals surface area contributed by atoms with Gasteiger partial charge in [0.05, 0.1) is 29.5 Å². The average Bonchev–Trinajstić information content (AvgIpc) is 3.16. The maximum atomic E-state index is 13.0. The van der Waals surface area contributed by atoms with Crippen LogP contribution >= 0.6 is 0 Å². The highest BCUT2D eigenvalue weighted by Crippen LogP contribution is 2.22. The molecule has 2 aromatic rings. The Balaban J connectivity index is 1.85. The number of rotatable bonds is 5. The van der Waals surface area contributed by atoms with Crippen LogP contribution in [0.3, 0.4) is 0 Å². The molecule has 1 aromatic heterocycles. The molecular weight excluding hydrogens is 444 g/mol. The standard InChI is InChI=1S/C23H30N4O7/c1-6-27-19(29)14-9-8-13(10-16(14)25-21(27)31)18(28)24-17-12-26(22(32)34-23(3,4)5)11-15(17)20(30)33-7-2/h8-10,15,17H,6-7,11-12H2,1-5H3,(H,24,28)(H,25,31). The van der Waals surface area contributed by atoms with Crippen molar-refractivity contribution in [2.75, 3.05) is 19.7 Å². The fourth-order valence-corrected chi connectivity index (χ4v) is 3.85. The predicted octanol–water partition coefficient (Wildman–Crippen LogP) is 1.24. The first-order chi connectivity index (χ1) is 15.9. The zero-order valence-corrected chi connectivity index (χ0v) is 20.0. The maximum absolute atomic E-state index is 13.0. The zero-order valence-electron chi connectivity index (χ0n) is 20.0. The van der Waals surface area contributed by atoms with E-state index in [2.05, 4.69) is 10.3 Å². The highest BCUT2D eigenvalue weighted by Gasteiger charge is 2.42. The summed E-state index contributed by atoms with van der Waals surface area (Å²) in [6.07, 6.45) is -0.589. The van der Waals surface area contributed by atoms with Crippen molar-refractivity contribution in [3.05, 3.63) is 44.6 Å². The molecule has 2 atom stereocenters. The number of ether oxygens (including phenoxy) is 2. The molecule has 0 aliphatic carbocycles. The van der Waals surface area contributed by atoms with Gasteiger partial charge in [-0.25, -0.2) is 9.59 Å². The van der Waals surface area contributed by atoms with Crippen LogP contribution in [0.4, 0.5) is 4.79 Å². The number of carbonyl (C=O) groups excluding carboxylic acids is 3. The van der Waals surface area contributed by atoms with Crippen LogP contribution < -0.4 is 16.6 Å². The van der Waals surface area contributed by atoms with Crippen molar-refractivity contribution in [3.8, 4) is 0 Å². The Labute approximate surface area is 196 Å². The van der Waals surface area contributed by atoms with Gasteiger partial charge in [0, 0.05) is 25.2 Å². The first-order valence-electron chi connectivity index (χ1n) is 11.2. The first kappa shape index (κ1) is 25.0. The lowest BCUT2D eigenvalue weighted by Gasteiger charge is -2.24. The number of aromatic nitrogens is 2. The summed E-state index contributed by atoms with van der Waals surface area (Å²) >= 11 is 0. The second kappa shape index (κ2) is 9.70. The molecule has 1 aromatic carbocycles. The molecule has 1 aliphatic rings. The molecule has 1 fully saturated rings. The van der Waals surface area contributed by atoms with Crippen LogP contribution in [-0.4, -0.2) is 63.8 Å². The minimum absolute atomic E-state index is 0.0420. The summed E-state index contributed by atoms with van der Waals surface area (Å²) in [5.74, 6) is -1.82. The molecule has 0 spiro atoms. The molecule has 2 amide bonds. The van der Waals surface area contributed by atoms with Crippen molar-refractivity contribution in [2.24, 2.45) is 5.92 Å². The van der Waals surface area contributed by atoms with Gasteiger partial charge >= 0.3 is 17.8 Å². The Kier molecular flexibility index (Phi) is 7.13. The fraction of sp³-hybridized carbons (Fsp3) is 0.522. The number of amides is 2. The lowest BCUT2D eigenvalue weighted by molar-refractivity contribution is -0.148. The first-order valence-corrected chi connectivity index (χ1v) is 11.2. The SMILES string of the molecule is CCOC(=O)C1CN(C(=O)OC(C)(C)C)CC1NC(=O)c1ccc2c(=O)n(CC)c(=O)[nH]c2c1. The predicted molar refractivity (Wildman–Crippen MR) is 124 cm³/mol. The van der Waals surface area contributed by atoms with Gasteiger partial charge in [0.25, 0.3) is 11.5 Å². The highest BCUT2D eigenvalue weighted by molar-refractivity contribution is 5.98. The topological polar surface area (TPSA) is 140 Å². The van der Waals surface area contributed by atoms with Gasteiger partial charge < -0.3 is 24.7 Å². The van der Waals surface area contributed by atoms with Crippen LogP contribution in [0, 0.1) is 5.92 Å². The number of H-pyrrole nitrogens is 1. The van der Waals surface area contributed by atoms with Gasteiger partial charge in [0.1, 0.15) is 5.60 Å². The maximum Gasteiger partial charge on any atom is 0.410 e. The third kappa shape index (κ3) is 5.29. The lowest BCUT2D eigenvalue weighted by Crippen LogP contribution is -2.44. The summed E-state index contributed by atoms with van der Waals surface area (Å²) in [4.78, 5) is 66.6. The van der Waals surface area contributed by atoms with Crippen molar-refractivity contribution in [1.29, 1.82) is 0 Å². The van der Waals surface area contributed by atoms with Gasteiger partial charge in [0.15, 0.2) is 0 Å². The Morgan fingerprint density at radius 3 is 2.47 bits per heavy atom. The van der Waals surface area contributed by atoms with Crippen molar-refractivity contribution >= 4 is 28.9 Å². The van der Waals surface area contributed by atoms with E-state index in [1.54, 1.807) is 34.6 Å². The summed E-state index contributed by atoms with van der Waals surface area (Å²) in [6, 6.07) is 3.64. The third-order valence-corrected chi connectivity index (χ3v) is 5.44. The van der Waals surface area contributed by atoms with E-state index in [0.29, 0.717) is 0 Å². The normalized spacial score (nSPS) is 18.1. The van der Waals surface area contributed by atoms with E-state index in [1.165, 1.54) is 23.1 Å². The van der Waals surface area contributed by atoms with Gasteiger partial charge in [-0.1, -0.05) is 0 Å². The molecule has 2 unspecified atom stereocenters. The molecule has 2 heterocycles. The van der Waals surface area contributed by atoms with Crippen molar-refractivity contribution < 1.29 is 23.9 Å². The molecular formula is C23H30N4O7. The number of nitrogens with one attached hydrogen (secondary N) is 2. The molecule has 34 heavy (non-hydrogen) atoms. The summed E-state index contributed by atoms with van der Waals surface area (Å²) in [5.41, 5.74) is -1.30. The lowest BCUT2D eigenvalue weighted by atomic mass is 10.0. The van der Waals surface area contributed by atoms with Gasteiger partial charge in [0.2, 0.25) is 0 Å². The number of esters is 1. The van der Waals surface area contributed by atoms with Crippen LogP contribution in [0.5, 0.6) is 0 Å². The van der Waals surface area contributed by atoms with Gasteiger partial charge in [-0.2, -0.15) is 0 Å². The number of nitrogens with zero attached hydrogens (tertiary/aromatic N) is 2. The van der Waals surface area contributed by atoms with Crippen LogP contribution in [0.25, 0.3) is 10.9 Å². The number of hydrogen-bond donors (Lipinski definition) is 2. The number of aromatic amines is 1. The number of likely N-dealkylation sites (tertiary alicyclic amines) is 1. The largest absolute Gasteiger partial charge is 0.466 e. The molecule has 1 aliphatic heterocycles. The monoisotopic (exact) mass is 474 g/mol. The van der Waals surface area contributed by atoms with Crippen molar-refractivity contribution in [3.63, 3.8) is 0 Å². The van der Waals surface area contributed by atoms with Crippen molar-refractivity contribution in [2.45, 2.75) is 52.8 Å². The van der Waals surface area contributed by atoms with Gasteiger partial charge in [-0.05, 0) is 52.8 Å². The smallest absolute Gasteiger partial charge is 0.410 e. The number of hydrogen-bond acceptors (Lipinski definition) is 7. The van der Waals surface area contributed by atoms with E-state index in [9.17, 15) is 24.0 Å². The fourth-order valence-electron chi connectivity index (χ4n) is 3.85. The Morgan fingerprint density at radius 2 is 1.85 bits per heavy atom. The Hall–Kier alpha value is -3.63. The molecule has 0 bridgehead atoms. The molecule has 3 rings (SSSR count). The van der Waals surface area contributed by atoms with E-state index in [4.69, 9.17) is 9.47 Å². The third-order valence-electron chi connectivity index (χ3n) is 5.44. The van der Waals surface area contributed by atoms with E-state index in [-0.39, 0.29) is 42.7 Å². The zero-order chi connectivity index (χ0) is 25.2. The quantitative estimate of drug-likeness (QED) is 0.621. The number of carbonyl (C=O) groups is 3. The van der Waals surface area contributed by atoms with Crippen LogP contribution in [0.15, 0.2) is 27.8 Å². The minimum atomic E-state index is -0.770. The molecule has 184 valence electrons. The van der Waals surface area contributed by atoms with Crippen LogP contribution in [0.2, 0.25) is 0 Å². The molecule has 1 saturated heterocycles. The molecule has 11 heteroatoms. The Morgan fingerprint density at radius 1 is 1.15 bits per heavy atom. The summed E-state index contributed by atoms with van der Waals surface area (Å²) in [5, 5.41) is 3.06. The molecule has 0 radical (unpaired) electrons. The van der Waals surface area contributed by atoms with Gasteiger partial charge in [-0.3, -0.25) is 19.0 Å². The van der Waals surface area contributed by atoms with Crippen molar-refractivity contribution in [1.82, 2.24) is 19.8 Å². The molecule has 2 N–H and O–H groups in total. The number of benzene rings is 1. The van der Waals surface area contributed by atoms with E-state index in [1.807, 2.05) is 0 Å². The summed E-state index contributed by atoms with van der Waals surface area (Å²) in [7, 11) is 0. The van der Waals surface area contributed by atoms with Crippen LogP contribution in [0.1, 0.15) is 45.0 Å². The number of fused-ring (bicyclic) bond motifs is 1. The van der Waals surface area contributed by atoms with Crippen LogP contribution in [-0.2, 0) is 20.8 Å². The molecule has 11 nitrogen and oxygen atoms in total. The highest BCUT2D eigenvalue weighted by atomic mass is 16.6. The second-order valence-electron chi connectivity index (χ2n) is 9.06. The average molecular weight is 475 g/mol. The second-order valence-corrected chi connectivity index (χ2v) is 9.06. The van der Waals surface area contributed by atoms with Gasteiger partial charge in [-0.15, -0.1) is 0 Å². The van der Waals surface area contributed by atoms with E-state index in [0.717, 1.165) is 4.57 Å². The minimum Gasteiger partial charge on any atom is -0.466 e. The van der Waals surface area contributed by atoms with E-state index >= 15 is 0 Å².